The van der Waals surface area contributed by atoms with E-state index in [1.165, 1.54) is 4.88 Å². The molecule has 0 spiro atoms. The van der Waals surface area contributed by atoms with Gasteiger partial charge >= 0.3 is 0 Å². The molecule has 0 unspecified atom stereocenters. The zero-order valence-corrected chi connectivity index (χ0v) is 14.7. The molecule has 2 heterocycles. The quantitative estimate of drug-likeness (QED) is 0.707. The van der Waals surface area contributed by atoms with E-state index < -0.39 is 10.0 Å². The maximum atomic E-state index is 13.2. The van der Waals surface area contributed by atoms with Crippen molar-refractivity contribution in [1.29, 1.82) is 0 Å². The summed E-state index contributed by atoms with van der Waals surface area (Å²) in [4.78, 5) is 1.69. The lowest BCUT2D eigenvalue weighted by Gasteiger charge is -2.27. The second-order valence-corrected chi connectivity index (χ2v) is 8.73. The van der Waals surface area contributed by atoms with Gasteiger partial charge in [-0.2, -0.15) is 4.31 Å². The maximum Gasteiger partial charge on any atom is 0.244 e. The number of thiophene rings is 1. The summed E-state index contributed by atoms with van der Waals surface area (Å²) in [5.74, 6) is 0. The average Bonchev–Trinajstić information content (AvgIpc) is 3.10. The molecule has 0 amide bonds. The lowest BCUT2D eigenvalue weighted by Crippen LogP contribution is -2.35. The van der Waals surface area contributed by atoms with E-state index in [1.807, 2.05) is 53.9 Å². The third kappa shape index (κ3) is 2.69. The Morgan fingerprint density at radius 2 is 1.67 bits per heavy atom. The molecule has 0 bridgehead atoms. The molecule has 0 saturated carbocycles. The molecule has 4 rings (SSSR count). The van der Waals surface area contributed by atoms with Crippen LogP contribution in [0.1, 0.15) is 10.4 Å². The van der Waals surface area contributed by atoms with Crippen molar-refractivity contribution in [3.63, 3.8) is 0 Å². The topological polar surface area (TPSA) is 37.4 Å². The van der Waals surface area contributed by atoms with E-state index >= 15 is 0 Å². The fourth-order valence-electron chi connectivity index (χ4n) is 3.11. The van der Waals surface area contributed by atoms with Gasteiger partial charge in [0.25, 0.3) is 0 Å². The van der Waals surface area contributed by atoms with Crippen LogP contribution in [0.5, 0.6) is 0 Å². The SMILES string of the molecule is O=S(=O)(c1ccccc1-c1ccccc1)N1CCc2sccc2C1. The Kier molecular flexibility index (Phi) is 4.00. The molecule has 0 radical (unpaired) electrons. The van der Waals surface area contributed by atoms with Crippen molar-refractivity contribution in [1.82, 2.24) is 4.31 Å². The molecule has 3 nitrogen and oxygen atoms in total. The highest BCUT2D eigenvalue weighted by atomic mass is 32.2. The minimum atomic E-state index is -3.52. The second kappa shape index (κ2) is 6.16. The van der Waals surface area contributed by atoms with Crippen molar-refractivity contribution in [2.45, 2.75) is 17.9 Å². The van der Waals surface area contributed by atoms with E-state index in [4.69, 9.17) is 0 Å². The first-order chi connectivity index (χ1) is 11.7. The smallest absolute Gasteiger partial charge is 0.207 e. The van der Waals surface area contributed by atoms with Crippen LogP contribution in [0.4, 0.5) is 0 Å². The average molecular weight is 355 g/mol. The summed E-state index contributed by atoms with van der Waals surface area (Å²) < 4.78 is 28.1. The third-order valence-electron chi connectivity index (χ3n) is 4.36. The molecule has 0 fully saturated rings. The van der Waals surface area contributed by atoms with Crippen molar-refractivity contribution in [3.8, 4) is 11.1 Å². The van der Waals surface area contributed by atoms with E-state index in [0.717, 1.165) is 23.1 Å². The van der Waals surface area contributed by atoms with Crippen molar-refractivity contribution < 1.29 is 8.42 Å². The predicted octanol–water partition coefficient (Wildman–Crippen LogP) is 4.16. The minimum Gasteiger partial charge on any atom is -0.207 e. The van der Waals surface area contributed by atoms with Gasteiger partial charge in [0, 0.05) is 23.5 Å². The summed E-state index contributed by atoms with van der Waals surface area (Å²) in [6.45, 7) is 1.00. The molecular weight excluding hydrogens is 338 g/mol. The molecule has 122 valence electrons. The van der Waals surface area contributed by atoms with Gasteiger partial charge in [-0.25, -0.2) is 8.42 Å². The van der Waals surface area contributed by atoms with Crippen molar-refractivity contribution in [2.75, 3.05) is 6.54 Å². The summed E-state index contributed by atoms with van der Waals surface area (Å²) in [6.07, 6.45) is 0.791. The minimum absolute atomic E-state index is 0.384. The Morgan fingerprint density at radius 1 is 0.917 bits per heavy atom. The molecule has 0 saturated heterocycles. The number of fused-ring (bicyclic) bond motifs is 1. The van der Waals surface area contributed by atoms with E-state index in [0.29, 0.717) is 18.0 Å². The standard InChI is InChI=1S/C19H17NO2S2/c21-24(22,20-12-10-18-16(14-20)11-13-23-18)19-9-5-4-8-17(19)15-6-2-1-3-7-15/h1-9,11,13H,10,12,14H2. The Labute approximate surface area is 146 Å². The Hall–Kier alpha value is -1.95. The molecule has 2 aromatic carbocycles. The first kappa shape index (κ1) is 15.6. The van der Waals surface area contributed by atoms with E-state index in [9.17, 15) is 8.42 Å². The summed E-state index contributed by atoms with van der Waals surface area (Å²) in [6, 6.07) is 19.0. The lowest BCUT2D eigenvalue weighted by molar-refractivity contribution is 0.394. The number of sulfonamides is 1. The number of benzene rings is 2. The lowest BCUT2D eigenvalue weighted by atomic mass is 10.1. The maximum absolute atomic E-state index is 13.2. The van der Waals surface area contributed by atoms with Crippen molar-refractivity contribution >= 4 is 21.4 Å². The first-order valence-electron chi connectivity index (χ1n) is 7.86. The highest BCUT2D eigenvalue weighted by molar-refractivity contribution is 7.89. The van der Waals surface area contributed by atoms with Crippen LogP contribution in [-0.2, 0) is 23.0 Å². The van der Waals surface area contributed by atoms with Crippen LogP contribution in [0.2, 0.25) is 0 Å². The molecule has 24 heavy (non-hydrogen) atoms. The van der Waals surface area contributed by atoms with Gasteiger partial charge in [0.2, 0.25) is 10.0 Å². The van der Waals surface area contributed by atoms with Gasteiger partial charge in [-0.15, -0.1) is 11.3 Å². The summed E-state index contributed by atoms with van der Waals surface area (Å²) in [5.41, 5.74) is 2.81. The predicted molar refractivity (Wildman–Crippen MR) is 97.5 cm³/mol. The number of rotatable bonds is 3. The van der Waals surface area contributed by atoms with Gasteiger partial charge in [0.05, 0.1) is 4.90 Å². The van der Waals surface area contributed by atoms with Gasteiger partial charge < -0.3 is 0 Å². The van der Waals surface area contributed by atoms with Crippen molar-refractivity contribution in [3.05, 3.63) is 76.5 Å². The van der Waals surface area contributed by atoms with Crippen LogP contribution >= 0.6 is 11.3 Å². The van der Waals surface area contributed by atoms with Gasteiger partial charge in [-0.1, -0.05) is 48.5 Å². The largest absolute Gasteiger partial charge is 0.244 e. The van der Waals surface area contributed by atoms with Crippen LogP contribution in [-0.4, -0.2) is 19.3 Å². The molecule has 1 aromatic heterocycles. The molecule has 0 N–H and O–H groups in total. The third-order valence-corrected chi connectivity index (χ3v) is 7.29. The number of hydrogen-bond donors (Lipinski definition) is 0. The zero-order valence-electron chi connectivity index (χ0n) is 13.1. The van der Waals surface area contributed by atoms with Crippen LogP contribution in [0.3, 0.4) is 0 Å². The van der Waals surface area contributed by atoms with Gasteiger partial charge in [-0.3, -0.25) is 0 Å². The molecule has 5 heteroatoms. The summed E-state index contributed by atoms with van der Waals surface area (Å²) in [7, 11) is -3.52. The first-order valence-corrected chi connectivity index (χ1v) is 10.2. The fraction of sp³-hybridized carbons (Fsp3) is 0.158. The summed E-state index contributed by atoms with van der Waals surface area (Å²) >= 11 is 1.71. The number of nitrogens with zero attached hydrogens (tertiary/aromatic N) is 1. The molecule has 0 aliphatic carbocycles. The highest BCUT2D eigenvalue weighted by Crippen LogP contribution is 2.32. The van der Waals surface area contributed by atoms with E-state index in [-0.39, 0.29) is 0 Å². The Morgan fingerprint density at radius 3 is 2.50 bits per heavy atom. The van der Waals surface area contributed by atoms with Crippen LogP contribution < -0.4 is 0 Å². The Bertz CT molecular complexity index is 962. The highest BCUT2D eigenvalue weighted by Gasteiger charge is 2.30. The van der Waals surface area contributed by atoms with E-state index in [1.54, 1.807) is 27.8 Å². The van der Waals surface area contributed by atoms with Gasteiger partial charge in [0.15, 0.2) is 0 Å². The fourth-order valence-corrected chi connectivity index (χ4v) is 5.64. The summed E-state index contributed by atoms with van der Waals surface area (Å²) in [5, 5.41) is 2.04. The number of hydrogen-bond acceptors (Lipinski definition) is 3. The Balaban J connectivity index is 1.76. The van der Waals surface area contributed by atoms with Gasteiger partial charge in [-0.05, 0) is 35.1 Å². The molecule has 0 atom stereocenters. The molecule has 1 aliphatic heterocycles. The normalized spacial score (nSPS) is 15.2. The molecular formula is C19H17NO2S2. The molecule has 3 aromatic rings. The monoisotopic (exact) mass is 355 g/mol. The zero-order chi connectivity index (χ0) is 16.6. The van der Waals surface area contributed by atoms with Crippen LogP contribution in [0.25, 0.3) is 11.1 Å². The van der Waals surface area contributed by atoms with Crippen LogP contribution in [0.15, 0.2) is 70.9 Å². The van der Waals surface area contributed by atoms with Crippen molar-refractivity contribution in [2.24, 2.45) is 0 Å². The van der Waals surface area contributed by atoms with E-state index in [2.05, 4.69) is 0 Å². The van der Waals surface area contributed by atoms with Gasteiger partial charge in [0.1, 0.15) is 0 Å². The van der Waals surface area contributed by atoms with Crippen LogP contribution in [0, 0.1) is 0 Å². The second-order valence-electron chi connectivity index (χ2n) is 5.82. The molecule has 1 aliphatic rings.